The Hall–Kier alpha value is -1.93. The number of hydrogen-bond acceptors (Lipinski definition) is 4. The van der Waals surface area contributed by atoms with Crippen LogP contribution in [0, 0.1) is 0 Å². The van der Waals surface area contributed by atoms with Crippen molar-refractivity contribution in [3.63, 3.8) is 0 Å². The highest BCUT2D eigenvalue weighted by Gasteiger charge is 2.17. The number of nitrogens with two attached hydrogens (primary N) is 1. The number of carbonyl (C=O) groups is 1. The molecule has 6 nitrogen and oxygen atoms in total. The molecule has 2 aromatic rings. The fourth-order valence-electron chi connectivity index (χ4n) is 2.07. The fraction of sp³-hybridized carbons (Fsp3) is 0.278. The Morgan fingerprint density at radius 2 is 1.73 bits per heavy atom. The summed E-state index contributed by atoms with van der Waals surface area (Å²) in [4.78, 5) is 12.2. The van der Waals surface area contributed by atoms with Crippen molar-refractivity contribution in [3.8, 4) is 0 Å². The lowest BCUT2D eigenvalue weighted by molar-refractivity contribution is 0.0946. The standard InChI is InChI=1S/C18H23N3O3S.ClH/c1-18(2,19)13-20-17(22)15-9-6-10-16(11-15)25(23,24)21-12-14-7-4-3-5-8-14;/h3-11,21H,12-13,19H2,1-2H3,(H,20,22);1H. The minimum absolute atomic E-state index is 0. The molecular weight excluding hydrogens is 374 g/mol. The maximum Gasteiger partial charge on any atom is 0.251 e. The molecule has 0 aliphatic rings. The second-order valence-electron chi connectivity index (χ2n) is 6.51. The molecular formula is C18H24ClN3O3S. The molecule has 2 rings (SSSR count). The van der Waals surface area contributed by atoms with Gasteiger partial charge in [-0.05, 0) is 37.6 Å². The van der Waals surface area contributed by atoms with Gasteiger partial charge < -0.3 is 11.1 Å². The van der Waals surface area contributed by atoms with Crippen molar-refractivity contribution in [1.82, 2.24) is 10.0 Å². The van der Waals surface area contributed by atoms with Crippen molar-refractivity contribution in [2.45, 2.75) is 30.8 Å². The zero-order valence-electron chi connectivity index (χ0n) is 14.7. The van der Waals surface area contributed by atoms with Crippen LogP contribution in [0.4, 0.5) is 0 Å². The summed E-state index contributed by atoms with van der Waals surface area (Å²) in [6.45, 7) is 4.05. The second-order valence-corrected chi connectivity index (χ2v) is 8.28. The monoisotopic (exact) mass is 397 g/mol. The zero-order chi connectivity index (χ0) is 18.5. The number of amides is 1. The Bertz CT molecular complexity index is 834. The van der Waals surface area contributed by atoms with Crippen LogP contribution in [0.2, 0.25) is 0 Å². The van der Waals surface area contributed by atoms with Crippen molar-refractivity contribution in [3.05, 3.63) is 65.7 Å². The van der Waals surface area contributed by atoms with Crippen LogP contribution in [0.1, 0.15) is 29.8 Å². The van der Waals surface area contributed by atoms with Crippen molar-refractivity contribution < 1.29 is 13.2 Å². The Labute approximate surface area is 160 Å². The van der Waals surface area contributed by atoms with E-state index in [1.807, 2.05) is 30.3 Å². The maximum absolute atomic E-state index is 12.4. The third-order valence-electron chi connectivity index (χ3n) is 3.42. The molecule has 0 unspecified atom stereocenters. The Balaban J connectivity index is 0.00000338. The number of carbonyl (C=O) groups excluding carboxylic acids is 1. The SMILES string of the molecule is CC(C)(N)CNC(=O)c1cccc(S(=O)(=O)NCc2ccccc2)c1.Cl. The molecule has 0 radical (unpaired) electrons. The molecule has 4 N–H and O–H groups in total. The van der Waals surface area contributed by atoms with E-state index in [0.717, 1.165) is 5.56 Å². The van der Waals surface area contributed by atoms with Gasteiger partial charge in [0.05, 0.1) is 4.90 Å². The van der Waals surface area contributed by atoms with Crippen LogP contribution in [0.25, 0.3) is 0 Å². The highest BCUT2D eigenvalue weighted by molar-refractivity contribution is 7.89. The van der Waals surface area contributed by atoms with Crippen molar-refractivity contribution in [2.75, 3.05) is 6.54 Å². The number of rotatable bonds is 7. The molecule has 0 heterocycles. The number of hydrogen-bond donors (Lipinski definition) is 3. The van der Waals surface area contributed by atoms with Crippen molar-refractivity contribution >= 4 is 28.3 Å². The van der Waals surface area contributed by atoms with E-state index < -0.39 is 15.6 Å². The summed E-state index contributed by atoms with van der Waals surface area (Å²) in [7, 11) is -3.71. The predicted octanol–water partition coefficient (Wildman–Crippen LogP) is 2.05. The Morgan fingerprint density at radius 1 is 1.08 bits per heavy atom. The Morgan fingerprint density at radius 3 is 2.35 bits per heavy atom. The topological polar surface area (TPSA) is 101 Å². The highest BCUT2D eigenvalue weighted by atomic mass is 35.5. The summed E-state index contributed by atoms with van der Waals surface area (Å²) >= 11 is 0. The second kappa shape index (κ2) is 9.14. The number of sulfonamides is 1. The number of nitrogens with one attached hydrogen (secondary N) is 2. The molecule has 8 heteroatoms. The van der Waals surface area contributed by atoms with E-state index in [4.69, 9.17) is 5.73 Å². The molecule has 0 atom stereocenters. The fourth-order valence-corrected chi connectivity index (χ4v) is 3.14. The molecule has 0 aliphatic carbocycles. The first-order valence-corrected chi connectivity index (χ1v) is 9.36. The molecule has 142 valence electrons. The lowest BCUT2D eigenvalue weighted by Crippen LogP contribution is -2.45. The first-order valence-electron chi connectivity index (χ1n) is 7.88. The van der Waals surface area contributed by atoms with E-state index in [2.05, 4.69) is 10.0 Å². The Kier molecular flexibility index (Phi) is 7.77. The lowest BCUT2D eigenvalue weighted by Gasteiger charge is -2.19. The molecule has 0 aromatic heterocycles. The van der Waals surface area contributed by atoms with E-state index >= 15 is 0 Å². The van der Waals surface area contributed by atoms with Gasteiger partial charge >= 0.3 is 0 Å². The summed E-state index contributed by atoms with van der Waals surface area (Å²) in [6.07, 6.45) is 0. The van der Waals surface area contributed by atoms with Crippen LogP contribution in [-0.2, 0) is 16.6 Å². The van der Waals surface area contributed by atoms with E-state index in [-0.39, 0.29) is 41.9 Å². The molecule has 26 heavy (non-hydrogen) atoms. The van der Waals surface area contributed by atoms with E-state index in [1.54, 1.807) is 26.0 Å². The summed E-state index contributed by atoms with van der Waals surface area (Å²) in [5.41, 5.74) is 6.41. The van der Waals surface area contributed by atoms with Crippen LogP contribution >= 0.6 is 12.4 Å². The lowest BCUT2D eigenvalue weighted by atomic mass is 10.1. The summed E-state index contributed by atoms with van der Waals surface area (Å²) in [5.74, 6) is -0.362. The van der Waals surface area contributed by atoms with E-state index in [0.29, 0.717) is 0 Å². The van der Waals surface area contributed by atoms with Gasteiger partial charge in [-0.1, -0.05) is 36.4 Å². The first kappa shape index (κ1) is 22.1. The van der Waals surface area contributed by atoms with Gasteiger partial charge in [0.25, 0.3) is 5.91 Å². The highest BCUT2D eigenvalue weighted by Crippen LogP contribution is 2.12. The summed E-state index contributed by atoms with van der Waals surface area (Å²) in [6, 6.07) is 15.1. The summed E-state index contributed by atoms with van der Waals surface area (Å²) in [5, 5.41) is 2.70. The number of halogens is 1. The van der Waals surface area contributed by atoms with Gasteiger partial charge in [0, 0.05) is 24.2 Å². The molecule has 1 amide bonds. The van der Waals surface area contributed by atoms with Gasteiger partial charge in [0.15, 0.2) is 0 Å². The minimum Gasteiger partial charge on any atom is -0.350 e. The summed E-state index contributed by atoms with van der Waals surface area (Å²) < 4.78 is 27.4. The van der Waals surface area contributed by atoms with Crippen LogP contribution in [-0.4, -0.2) is 26.4 Å². The van der Waals surface area contributed by atoms with E-state index in [9.17, 15) is 13.2 Å². The third kappa shape index (κ3) is 6.76. The average Bonchev–Trinajstić information content (AvgIpc) is 2.58. The largest absolute Gasteiger partial charge is 0.350 e. The molecule has 0 spiro atoms. The van der Waals surface area contributed by atoms with Gasteiger partial charge in [-0.3, -0.25) is 4.79 Å². The van der Waals surface area contributed by atoms with Gasteiger partial charge in [0.1, 0.15) is 0 Å². The quantitative estimate of drug-likeness (QED) is 0.665. The van der Waals surface area contributed by atoms with Crippen LogP contribution in [0.5, 0.6) is 0 Å². The normalized spacial score (nSPS) is 11.5. The van der Waals surface area contributed by atoms with E-state index in [1.165, 1.54) is 12.1 Å². The van der Waals surface area contributed by atoms with Gasteiger partial charge in [-0.25, -0.2) is 13.1 Å². The smallest absolute Gasteiger partial charge is 0.251 e. The number of benzene rings is 2. The van der Waals surface area contributed by atoms with Gasteiger partial charge in [0.2, 0.25) is 10.0 Å². The molecule has 0 aliphatic heterocycles. The van der Waals surface area contributed by atoms with Crippen LogP contribution < -0.4 is 15.8 Å². The molecule has 0 saturated heterocycles. The predicted molar refractivity (Wildman–Crippen MR) is 105 cm³/mol. The third-order valence-corrected chi connectivity index (χ3v) is 4.82. The van der Waals surface area contributed by atoms with Gasteiger partial charge in [-0.15, -0.1) is 12.4 Å². The van der Waals surface area contributed by atoms with Gasteiger partial charge in [-0.2, -0.15) is 0 Å². The van der Waals surface area contributed by atoms with Crippen molar-refractivity contribution in [1.29, 1.82) is 0 Å². The molecule has 0 bridgehead atoms. The molecule has 0 saturated carbocycles. The average molecular weight is 398 g/mol. The maximum atomic E-state index is 12.4. The van der Waals surface area contributed by atoms with Crippen LogP contribution in [0.3, 0.4) is 0 Å². The van der Waals surface area contributed by atoms with Crippen LogP contribution in [0.15, 0.2) is 59.5 Å². The molecule has 2 aromatic carbocycles. The minimum atomic E-state index is -3.71. The zero-order valence-corrected chi connectivity index (χ0v) is 16.4. The van der Waals surface area contributed by atoms with Crippen molar-refractivity contribution in [2.24, 2.45) is 5.73 Å². The first-order chi connectivity index (χ1) is 11.7. The molecule has 0 fully saturated rings.